The van der Waals surface area contributed by atoms with Gasteiger partial charge in [-0.05, 0) is 31.5 Å². The van der Waals surface area contributed by atoms with Crippen LogP contribution in [0.25, 0.3) is 0 Å². The lowest BCUT2D eigenvalue weighted by atomic mass is 10.1. The molecule has 2 aromatic heterocycles. The van der Waals surface area contributed by atoms with E-state index in [1.165, 1.54) is 29.6 Å². The lowest BCUT2D eigenvalue weighted by Crippen LogP contribution is -2.49. The van der Waals surface area contributed by atoms with Gasteiger partial charge in [0.2, 0.25) is 0 Å². The summed E-state index contributed by atoms with van der Waals surface area (Å²) in [4.78, 5) is 40.7. The van der Waals surface area contributed by atoms with Crippen LogP contribution in [-0.4, -0.2) is 58.2 Å². The summed E-state index contributed by atoms with van der Waals surface area (Å²) in [6.45, 7) is 2.15. The lowest BCUT2D eigenvalue weighted by Gasteiger charge is -2.35. The molecule has 2 atom stereocenters. The molecule has 12 heteroatoms. The van der Waals surface area contributed by atoms with Crippen molar-refractivity contribution in [1.82, 2.24) is 20.3 Å². The van der Waals surface area contributed by atoms with Crippen molar-refractivity contribution in [2.45, 2.75) is 31.6 Å². The summed E-state index contributed by atoms with van der Waals surface area (Å²) >= 11 is 0. The van der Waals surface area contributed by atoms with Gasteiger partial charge in [-0.2, -0.15) is 13.2 Å². The standard InChI is InChI=1S/C18H18F3N7O2/c1-10(18(19,20)21)24-16(29)12-2-3-13-15(25-12)28(11-5-7-27(13)8-11)17(30)26-14-4-6-22-9-23-14/h2-4,6,9-11H,5,7-8H2,1H3,(H,24,29)(H,22,23,26,30)/t10-,11+/m1/s1. The molecule has 0 spiro atoms. The van der Waals surface area contributed by atoms with Crippen LogP contribution in [0.5, 0.6) is 0 Å². The maximum absolute atomic E-state index is 13.0. The number of halogens is 3. The Bertz CT molecular complexity index is 970. The van der Waals surface area contributed by atoms with Gasteiger partial charge in [0.1, 0.15) is 23.9 Å². The zero-order valence-electron chi connectivity index (χ0n) is 15.8. The lowest BCUT2D eigenvalue weighted by molar-refractivity contribution is -0.149. The first-order valence-electron chi connectivity index (χ1n) is 9.24. The molecule has 2 aliphatic rings. The molecule has 2 aromatic rings. The third kappa shape index (κ3) is 3.72. The van der Waals surface area contributed by atoms with Crippen LogP contribution in [0.3, 0.4) is 0 Å². The van der Waals surface area contributed by atoms with Crippen molar-refractivity contribution in [1.29, 1.82) is 0 Å². The van der Waals surface area contributed by atoms with Gasteiger partial charge < -0.3 is 10.2 Å². The van der Waals surface area contributed by atoms with Gasteiger partial charge in [-0.1, -0.05) is 0 Å². The van der Waals surface area contributed by atoms with Crippen LogP contribution in [-0.2, 0) is 0 Å². The number of hydrogen-bond donors (Lipinski definition) is 2. The van der Waals surface area contributed by atoms with E-state index in [-0.39, 0.29) is 17.6 Å². The van der Waals surface area contributed by atoms with Crippen LogP contribution >= 0.6 is 0 Å². The number of carbonyl (C=O) groups is 2. The third-order valence-electron chi connectivity index (χ3n) is 5.06. The van der Waals surface area contributed by atoms with Crippen molar-refractivity contribution >= 4 is 29.3 Å². The molecule has 1 saturated heterocycles. The molecule has 3 amide bonds. The Balaban J connectivity index is 1.63. The van der Waals surface area contributed by atoms with Crippen LogP contribution in [0.4, 0.5) is 35.3 Å². The fourth-order valence-corrected chi connectivity index (χ4v) is 3.48. The van der Waals surface area contributed by atoms with E-state index in [1.807, 2.05) is 10.2 Å². The van der Waals surface area contributed by atoms with E-state index in [0.717, 1.165) is 6.92 Å². The molecular formula is C18H18F3N7O2. The Labute approximate surface area is 169 Å². The van der Waals surface area contributed by atoms with Crippen LogP contribution in [0.2, 0.25) is 0 Å². The quantitative estimate of drug-likeness (QED) is 0.788. The number of alkyl halides is 3. The topological polar surface area (TPSA) is 103 Å². The van der Waals surface area contributed by atoms with Gasteiger partial charge in [0, 0.05) is 19.3 Å². The van der Waals surface area contributed by atoms with E-state index in [0.29, 0.717) is 31.0 Å². The molecule has 4 rings (SSSR count). The molecule has 2 aliphatic heterocycles. The smallest absolute Gasteiger partial charge is 0.366 e. The fraction of sp³-hybridized carbons (Fsp3) is 0.389. The average Bonchev–Trinajstić information content (AvgIpc) is 3.12. The third-order valence-corrected chi connectivity index (χ3v) is 5.06. The van der Waals surface area contributed by atoms with Gasteiger partial charge in [-0.3, -0.25) is 15.0 Å². The predicted molar refractivity (Wildman–Crippen MR) is 101 cm³/mol. The molecule has 2 bridgehead atoms. The molecule has 0 unspecified atom stereocenters. The Morgan fingerprint density at radius 3 is 2.77 bits per heavy atom. The summed E-state index contributed by atoms with van der Waals surface area (Å²) in [6, 6.07) is 1.78. The summed E-state index contributed by atoms with van der Waals surface area (Å²) in [6.07, 6.45) is -1.11. The molecule has 0 saturated carbocycles. The van der Waals surface area contributed by atoms with Gasteiger partial charge in [-0.25, -0.2) is 19.7 Å². The number of amides is 3. The van der Waals surface area contributed by atoms with Gasteiger partial charge in [0.25, 0.3) is 5.91 Å². The van der Waals surface area contributed by atoms with Gasteiger partial charge in [0.15, 0.2) is 5.82 Å². The fourth-order valence-electron chi connectivity index (χ4n) is 3.48. The second-order valence-electron chi connectivity index (χ2n) is 7.06. The minimum Gasteiger partial charge on any atom is -0.366 e. The molecule has 0 radical (unpaired) electrons. The molecule has 4 heterocycles. The average molecular weight is 421 g/mol. The van der Waals surface area contributed by atoms with Crippen LogP contribution in [0.1, 0.15) is 23.8 Å². The molecule has 30 heavy (non-hydrogen) atoms. The minimum atomic E-state index is -4.57. The monoisotopic (exact) mass is 421 g/mol. The summed E-state index contributed by atoms with van der Waals surface area (Å²) < 4.78 is 38.3. The Morgan fingerprint density at radius 2 is 2.07 bits per heavy atom. The van der Waals surface area contributed by atoms with Crippen molar-refractivity contribution in [2.75, 3.05) is 28.2 Å². The SMILES string of the molecule is C[C@@H](NC(=O)c1ccc2c(n1)N(C(=O)Nc1ccncn1)[C@H]1CCN2C1)C(F)(F)F. The molecule has 0 aliphatic carbocycles. The first-order chi connectivity index (χ1) is 14.2. The van der Waals surface area contributed by atoms with Gasteiger partial charge in [-0.15, -0.1) is 0 Å². The Hall–Kier alpha value is -3.44. The highest BCUT2D eigenvalue weighted by atomic mass is 19.4. The van der Waals surface area contributed by atoms with Crippen molar-refractivity contribution in [3.63, 3.8) is 0 Å². The highest BCUT2D eigenvalue weighted by Crippen LogP contribution is 2.39. The van der Waals surface area contributed by atoms with E-state index in [1.54, 1.807) is 6.07 Å². The van der Waals surface area contributed by atoms with Crippen LogP contribution < -0.4 is 20.4 Å². The zero-order valence-corrected chi connectivity index (χ0v) is 15.8. The number of carbonyl (C=O) groups excluding carboxylic acids is 2. The second kappa shape index (κ2) is 7.43. The molecule has 1 fully saturated rings. The first-order valence-corrected chi connectivity index (χ1v) is 9.24. The van der Waals surface area contributed by atoms with Crippen molar-refractivity contribution in [3.8, 4) is 0 Å². The zero-order chi connectivity index (χ0) is 21.5. The Kier molecular flexibility index (Phi) is 4.92. The van der Waals surface area contributed by atoms with E-state index < -0.39 is 24.2 Å². The number of rotatable bonds is 3. The number of nitrogens with one attached hydrogen (secondary N) is 2. The summed E-state index contributed by atoms with van der Waals surface area (Å²) in [5, 5.41) is 4.55. The summed E-state index contributed by atoms with van der Waals surface area (Å²) in [5.41, 5.74) is 0.439. The number of urea groups is 1. The maximum atomic E-state index is 13.0. The number of fused-ring (bicyclic) bond motifs is 4. The first kappa shape index (κ1) is 19.9. The van der Waals surface area contributed by atoms with Crippen LogP contribution in [0.15, 0.2) is 30.7 Å². The number of pyridine rings is 1. The van der Waals surface area contributed by atoms with Gasteiger partial charge >= 0.3 is 12.2 Å². The molecule has 2 N–H and O–H groups in total. The number of hydrogen-bond acceptors (Lipinski definition) is 6. The number of anilines is 3. The van der Waals surface area contributed by atoms with Gasteiger partial charge in [0.05, 0.1) is 11.7 Å². The molecular weight excluding hydrogens is 403 g/mol. The highest BCUT2D eigenvalue weighted by Gasteiger charge is 2.41. The largest absolute Gasteiger partial charge is 0.408 e. The van der Waals surface area contributed by atoms with Crippen molar-refractivity contribution in [3.05, 3.63) is 36.4 Å². The summed E-state index contributed by atoms with van der Waals surface area (Å²) in [5.74, 6) is -0.445. The van der Waals surface area contributed by atoms with Crippen molar-refractivity contribution in [2.24, 2.45) is 0 Å². The maximum Gasteiger partial charge on any atom is 0.408 e. The number of aromatic nitrogens is 3. The highest BCUT2D eigenvalue weighted by molar-refractivity contribution is 6.05. The van der Waals surface area contributed by atoms with Crippen LogP contribution in [0, 0.1) is 0 Å². The second-order valence-corrected chi connectivity index (χ2v) is 7.06. The Morgan fingerprint density at radius 1 is 1.27 bits per heavy atom. The van der Waals surface area contributed by atoms with E-state index in [2.05, 4.69) is 20.3 Å². The van der Waals surface area contributed by atoms with Crippen molar-refractivity contribution < 1.29 is 22.8 Å². The predicted octanol–water partition coefficient (Wildman–Crippen LogP) is 2.18. The molecule has 0 aromatic carbocycles. The van der Waals surface area contributed by atoms with E-state index in [9.17, 15) is 22.8 Å². The molecule has 158 valence electrons. The van der Waals surface area contributed by atoms with E-state index in [4.69, 9.17) is 0 Å². The summed E-state index contributed by atoms with van der Waals surface area (Å²) in [7, 11) is 0. The normalized spacial score (nSPS) is 18.6. The number of nitrogens with zero attached hydrogens (tertiary/aromatic N) is 5. The van der Waals surface area contributed by atoms with E-state index >= 15 is 0 Å². The molecule has 9 nitrogen and oxygen atoms in total. The minimum absolute atomic E-state index is 0.181.